The lowest BCUT2D eigenvalue weighted by molar-refractivity contribution is -0.138. The highest BCUT2D eigenvalue weighted by Crippen LogP contribution is 2.40. The van der Waals surface area contributed by atoms with Gasteiger partial charge in [-0.1, -0.05) is 24.3 Å². The number of halogens is 4. The summed E-state index contributed by atoms with van der Waals surface area (Å²) >= 11 is 5.30. The molecular formula is C28H24F4N4O2S. The topological polar surface area (TPSA) is 65.5 Å². The summed E-state index contributed by atoms with van der Waals surface area (Å²) in [5, 5.41) is -0.127. The summed E-state index contributed by atoms with van der Waals surface area (Å²) in [4.78, 5) is 5.71. The van der Waals surface area contributed by atoms with Crippen molar-refractivity contribution in [3.05, 3.63) is 107 Å². The van der Waals surface area contributed by atoms with Crippen molar-refractivity contribution in [3.63, 3.8) is 0 Å². The number of anilines is 1. The lowest BCUT2D eigenvalue weighted by atomic mass is 9.94. The van der Waals surface area contributed by atoms with Crippen LogP contribution in [0.4, 0.5) is 23.2 Å². The summed E-state index contributed by atoms with van der Waals surface area (Å²) < 4.78 is 68.7. The van der Waals surface area contributed by atoms with Crippen molar-refractivity contribution < 1.29 is 27.0 Å². The van der Waals surface area contributed by atoms with Gasteiger partial charge in [-0.2, -0.15) is 13.2 Å². The van der Waals surface area contributed by atoms with Crippen LogP contribution < -0.4 is 20.1 Å². The van der Waals surface area contributed by atoms with Crippen LogP contribution in [0.1, 0.15) is 34.8 Å². The summed E-state index contributed by atoms with van der Waals surface area (Å²) in [6.07, 6.45) is -0.663. The zero-order chi connectivity index (χ0) is 27.6. The standard InChI is InChI=1S/C28H24F4N4O2S/c29-19-6-8-20(9-7-19)36(27(33)39)24(22-3-1-2-4-23(22)28(30,31)32)11-10-21-14-34-16-35(21)15-18-5-12-25-26(13-18)38-17-37-25/h1-9,12-14,16,24H,10-11,15,17H2,(H2,33,39). The van der Waals surface area contributed by atoms with Crippen molar-refractivity contribution in [1.29, 1.82) is 0 Å². The van der Waals surface area contributed by atoms with Crippen molar-refractivity contribution >= 4 is 23.0 Å². The van der Waals surface area contributed by atoms with Crippen molar-refractivity contribution in [3.8, 4) is 11.5 Å². The highest BCUT2D eigenvalue weighted by molar-refractivity contribution is 7.80. The Morgan fingerprint density at radius 2 is 1.79 bits per heavy atom. The number of imidazole rings is 1. The predicted molar refractivity (Wildman–Crippen MR) is 142 cm³/mol. The molecule has 1 unspecified atom stereocenters. The average Bonchev–Trinajstić information content (AvgIpc) is 3.55. The highest BCUT2D eigenvalue weighted by atomic mass is 32.1. The van der Waals surface area contributed by atoms with Crippen molar-refractivity contribution in [2.75, 3.05) is 11.7 Å². The average molecular weight is 557 g/mol. The van der Waals surface area contributed by atoms with Gasteiger partial charge in [0, 0.05) is 24.1 Å². The zero-order valence-electron chi connectivity index (χ0n) is 20.6. The Labute approximate surface area is 227 Å². The number of thiocarbonyl (C=S) groups is 1. The first kappa shape index (κ1) is 26.5. The smallest absolute Gasteiger partial charge is 0.416 e. The maximum atomic E-state index is 14.1. The molecule has 0 radical (unpaired) electrons. The van der Waals surface area contributed by atoms with E-state index in [9.17, 15) is 17.6 Å². The van der Waals surface area contributed by atoms with Gasteiger partial charge in [0.25, 0.3) is 0 Å². The van der Waals surface area contributed by atoms with Gasteiger partial charge in [0.05, 0.1) is 17.9 Å². The minimum atomic E-state index is -4.60. The molecule has 0 spiro atoms. The van der Waals surface area contributed by atoms with Gasteiger partial charge in [0.2, 0.25) is 6.79 Å². The molecule has 0 saturated carbocycles. The van der Waals surface area contributed by atoms with E-state index in [2.05, 4.69) is 4.98 Å². The molecule has 0 saturated heterocycles. The molecule has 1 aromatic heterocycles. The van der Waals surface area contributed by atoms with Gasteiger partial charge in [0.15, 0.2) is 16.6 Å². The Bertz CT molecular complexity index is 1470. The van der Waals surface area contributed by atoms with Crippen LogP contribution in [0.2, 0.25) is 0 Å². The van der Waals surface area contributed by atoms with Crippen LogP contribution in [-0.2, 0) is 19.1 Å². The van der Waals surface area contributed by atoms with Gasteiger partial charge in [-0.3, -0.25) is 0 Å². The molecule has 1 aliphatic rings. The molecule has 1 aliphatic heterocycles. The van der Waals surface area contributed by atoms with Gasteiger partial charge >= 0.3 is 6.18 Å². The van der Waals surface area contributed by atoms with Gasteiger partial charge < -0.3 is 24.7 Å². The molecule has 202 valence electrons. The Morgan fingerprint density at radius 1 is 1.05 bits per heavy atom. The largest absolute Gasteiger partial charge is 0.454 e. The van der Waals surface area contributed by atoms with Crippen LogP contribution in [0, 0.1) is 5.82 Å². The lowest BCUT2D eigenvalue weighted by Crippen LogP contribution is -2.40. The molecule has 0 bridgehead atoms. The third kappa shape index (κ3) is 5.83. The van der Waals surface area contributed by atoms with E-state index in [1.807, 2.05) is 22.8 Å². The van der Waals surface area contributed by atoms with E-state index in [1.165, 1.54) is 41.3 Å². The fourth-order valence-corrected chi connectivity index (χ4v) is 4.98. The molecule has 0 aliphatic carbocycles. The summed E-state index contributed by atoms with van der Waals surface area (Å²) in [5.74, 6) is 0.847. The Kier molecular flexibility index (Phi) is 7.42. The number of aryl methyl sites for hydroxylation is 1. The second-order valence-electron chi connectivity index (χ2n) is 9.02. The second-order valence-corrected chi connectivity index (χ2v) is 9.44. The molecule has 2 heterocycles. The highest BCUT2D eigenvalue weighted by Gasteiger charge is 2.37. The molecule has 1 atom stereocenters. The van der Waals surface area contributed by atoms with Gasteiger partial charge in [-0.15, -0.1) is 0 Å². The molecule has 11 heteroatoms. The third-order valence-electron chi connectivity index (χ3n) is 6.54. The van der Waals surface area contributed by atoms with E-state index in [4.69, 9.17) is 27.4 Å². The number of hydrogen-bond donors (Lipinski definition) is 1. The molecule has 0 fully saturated rings. The first-order chi connectivity index (χ1) is 18.7. The minimum Gasteiger partial charge on any atom is -0.454 e. The number of aromatic nitrogens is 2. The van der Waals surface area contributed by atoms with Gasteiger partial charge in [0.1, 0.15) is 5.82 Å². The third-order valence-corrected chi connectivity index (χ3v) is 6.74. The molecule has 2 N–H and O–H groups in total. The number of nitrogens with zero attached hydrogens (tertiary/aromatic N) is 3. The predicted octanol–water partition coefficient (Wildman–Crippen LogP) is 6.24. The minimum absolute atomic E-state index is 0.0176. The van der Waals surface area contributed by atoms with Crippen molar-refractivity contribution in [2.24, 2.45) is 5.73 Å². The summed E-state index contributed by atoms with van der Waals surface area (Å²) in [6.45, 7) is 0.649. The Balaban J connectivity index is 1.47. The monoisotopic (exact) mass is 556 g/mol. The fourth-order valence-electron chi connectivity index (χ4n) is 4.75. The number of alkyl halides is 3. The SMILES string of the molecule is NC(=S)N(c1ccc(F)cc1)C(CCc1cncn1Cc1ccc2c(c1)OCO2)c1ccccc1C(F)(F)F. The van der Waals surface area contributed by atoms with Gasteiger partial charge in [-0.05, 0) is 78.7 Å². The normalized spacial score (nSPS) is 13.3. The maximum Gasteiger partial charge on any atom is 0.416 e. The molecule has 0 amide bonds. The Hall–Kier alpha value is -4.12. The van der Waals surface area contributed by atoms with Crippen LogP contribution >= 0.6 is 12.2 Å². The van der Waals surface area contributed by atoms with E-state index in [1.54, 1.807) is 18.6 Å². The van der Waals surface area contributed by atoms with E-state index >= 15 is 0 Å². The number of ether oxygens (including phenoxy) is 2. The zero-order valence-corrected chi connectivity index (χ0v) is 21.4. The fraction of sp³-hybridized carbons (Fsp3) is 0.214. The van der Waals surface area contributed by atoms with E-state index in [0.717, 1.165) is 17.3 Å². The summed E-state index contributed by atoms with van der Waals surface area (Å²) in [7, 11) is 0. The van der Waals surface area contributed by atoms with E-state index in [0.29, 0.717) is 30.2 Å². The molecule has 39 heavy (non-hydrogen) atoms. The molecule has 3 aromatic carbocycles. The molecular weight excluding hydrogens is 532 g/mol. The first-order valence-electron chi connectivity index (χ1n) is 12.1. The van der Waals surface area contributed by atoms with E-state index < -0.39 is 23.6 Å². The second kappa shape index (κ2) is 10.9. The number of hydrogen-bond acceptors (Lipinski definition) is 4. The molecule has 4 aromatic rings. The van der Waals surface area contributed by atoms with Crippen LogP contribution in [0.5, 0.6) is 11.5 Å². The first-order valence-corrected chi connectivity index (χ1v) is 12.5. The van der Waals surface area contributed by atoms with Crippen molar-refractivity contribution in [2.45, 2.75) is 31.6 Å². The number of nitrogens with two attached hydrogens (primary N) is 1. The van der Waals surface area contributed by atoms with Crippen LogP contribution in [0.15, 0.2) is 79.3 Å². The van der Waals surface area contributed by atoms with Crippen molar-refractivity contribution in [1.82, 2.24) is 9.55 Å². The van der Waals surface area contributed by atoms with Crippen LogP contribution in [0.25, 0.3) is 0 Å². The molecule has 6 nitrogen and oxygen atoms in total. The molecule has 5 rings (SSSR count). The summed E-state index contributed by atoms with van der Waals surface area (Å²) in [5.41, 5.74) is 7.46. The lowest BCUT2D eigenvalue weighted by Gasteiger charge is -2.34. The number of fused-ring (bicyclic) bond motifs is 1. The van der Waals surface area contributed by atoms with E-state index in [-0.39, 0.29) is 23.9 Å². The van der Waals surface area contributed by atoms with Crippen LogP contribution in [-0.4, -0.2) is 21.5 Å². The quantitative estimate of drug-likeness (QED) is 0.205. The maximum absolute atomic E-state index is 14.1. The number of rotatable bonds is 8. The summed E-state index contributed by atoms with van der Waals surface area (Å²) in [6, 6.07) is 15.4. The van der Waals surface area contributed by atoms with Crippen LogP contribution in [0.3, 0.4) is 0 Å². The number of benzene rings is 3. The van der Waals surface area contributed by atoms with Gasteiger partial charge in [-0.25, -0.2) is 9.37 Å². The Morgan fingerprint density at radius 3 is 2.54 bits per heavy atom.